The van der Waals surface area contributed by atoms with Crippen molar-refractivity contribution in [3.63, 3.8) is 0 Å². The summed E-state index contributed by atoms with van der Waals surface area (Å²) in [6, 6.07) is 0.217. The van der Waals surface area contributed by atoms with Crippen molar-refractivity contribution in [3.05, 3.63) is 5.21 Å². The highest BCUT2D eigenvalue weighted by atomic mass is 16.8. The fourth-order valence-electron chi connectivity index (χ4n) is 0.851. The summed E-state index contributed by atoms with van der Waals surface area (Å²) in [7, 11) is 0. The maximum Gasteiger partial charge on any atom is 0.0840 e. The Balaban J connectivity index is 2.40. The summed E-state index contributed by atoms with van der Waals surface area (Å²) in [5.74, 6) is 0. The van der Waals surface area contributed by atoms with Gasteiger partial charge in [0.2, 0.25) is 0 Å². The summed E-state index contributed by atoms with van der Waals surface area (Å²) in [6.07, 6.45) is 0. The van der Waals surface area contributed by atoms with E-state index in [-0.39, 0.29) is 6.04 Å². The van der Waals surface area contributed by atoms with Gasteiger partial charge >= 0.3 is 0 Å². The van der Waals surface area contributed by atoms with Crippen LogP contribution >= 0.6 is 0 Å². The topological polar surface area (TPSA) is 50.8 Å². The monoisotopic (exact) mass is 146 g/mol. The van der Waals surface area contributed by atoms with Gasteiger partial charge in [0.1, 0.15) is 0 Å². The number of hydrogen-bond donors (Lipinski definition) is 1. The van der Waals surface area contributed by atoms with Crippen LogP contribution in [0.15, 0.2) is 0 Å². The second-order valence-corrected chi connectivity index (χ2v) is 2.47. The van der Waals surface area contributed by atoms with Crippen molar-refractivity contribution in [2.45, 2.75) is 19.9 Å². The van der Waals surface area contributed by atoms with Crippen LogP contribution in [0.1, 0.15) is 13.8 Å². The zero-order valence-electron chi connectivity index (χ0n) is 6.20. The number of hydrazine groups is 2. The summed E-state index contributed by atoms with van der Waals surface area (Å²) in [6.45, 7) is 5.11. The number of hydrogen-bond acceptors (Lipinski definition) is 5. The van der Waals surface area contributed by atoms with Crippen LogP contribution in [-0.2, 0) is 4.84 Å². The smallest absolute Gasteiger partial charge is 0.0840 e. The van der Waals surface area contributed by atoms with E-state index >= 15 is 0 Å². The van der Waals surface area contributed by atoms with Gasteiger partial charge in [-0.3, -0.25) is 4.84 Å². The van der Waals surface area contributed by atoms with E-state index in [2.05, 4.69) is 10.4 Å². The molecule has 1 aliphatic heterocycles. The molecule has 0 aromatic heterocycles. The van der Waals surface area contributed by atoms with Gasteiger partial charge in [-0.25, -0.2) is 10.3 Å². The molecule has 0 unspecified atom stereocenters. The average molecular weight is 146 g/mol. The standard InChI is InChI=1S/C5H12N3O2/c1-5(2)7-3-4-10-6-8(7)9/h5-6H,3-4H2,1-2H3/q-1. The average Bonchev–Trinajstić information content (AvgIpc) is 1.88. The summed E-state index contributed by atoms with van der Waals surface area (Å²) in [5.41, 5.74) is 2.22. The zero-order chi connectivity index (χ0) is 7.56. The minimum atomic E-state index is 0.217. The normalized spacial score (nSPS) is 24.0. The molecule has 0 aliphatic carbocycles. The van der Waals surface area contributed by atoms with Crippen molar-refractivity contribution >= 4 is 0 Å². The molecule has 5 heteroatoms. The fourth-order valence-corrected chi connectivity index (χ4v) is 0.851. The molecule has 5 nitrogen and oxygen atoms in total. The first-order chi connectivity index (χ1) is 4.72. The molecule has 0 bridgehead atoms. The molecule has 1 rings (SSSR count). The minimum absolute atomic E-state index is 0.217. The van der Waals surface area contributed by atoms with E-state index in [0.717, 1.165) is 0 Å². The molecule has 0 spiro atoms. The van der Waals surface area contributed by atoms with Gasteiger partial charge in [-0.05, 0) is 13.8 Å². The first-order valence-electron chi connectivity index (χ1n) is 3.33. The lowest BCUT2D eigenvalue weighted by molar-refractivity contribution is -0.219. The first-order valence-corrected chi connectivity index (χ1v) is 3.33. The molecule has 1 saturated heterocycles. The molecule has 10 heavy (non-hydrogen) atoms. The molecule has 0 saturated carbocycles. The molecule has 0 atom stereocenters. The van der Waals surface area contributed by atoms with Crippen molar-refractivity contribution in [1.29, 1.82) is 0 Å². The lowest BCUT2D eigenvalue weighted by atomic mass is 10.4. The molecular weight excluding hydrogens is 134 g/mol. The van der Waals surface area contributed by atoms with E-state index in [0.29, 0.717) is 18.4 Å². The molecule has 1 fully saturated rings. The number of nitrogens with zero attached hydrogens (tertiary/aromatic N) is 2. The summed E-state index contributed by atoms with van der Waals surface area (Å²) in [4.78, 5) is 4.68. The van der Waals surface area contributed by atoms with Gasteiger partial charge in [0.15, 0.2) is 0 Å². The first kappa shape index (κ1) is 7.90. The van der Waals surface area contributed by atoms with Crippen LogP contribution in [-0.4, -0.2) is 29.5 Å². The van der Waals surface area contributed by atoms with E-state index in [1.165, 1.54) is 0 Å². The minimum Gasteiger partial charge on any atom is -0.756 e. The molecule has 0 aromatic carbocycles. The Bertz CT molecular complexity index is 109. The lowest BCUT2D eigenvalue weighted by Crippen LogP contribution is -2.55. The van der Waals surface area contributed by atoms with E-state index in [4.69, 9.17) is 0 Å². The second-order valence-electron chi connectivity index (χ2n) is 2.47. The van der Waals surface area contributed by atoms with Crippen molar-refractivity contribution in [2.24, 2.45) is 0 Å². The van der Waals surface area contributed by atoms with Crippen LogP contribution in [0.25, 0.3) is 0 Å². The number of rotatable bonds is 1. The highest BCUT2D eigenvalue weighted by molar-refractivity contribution is 4.60. The van der Waals surface area contributed by atoms with Crippen molar-refractivity contribution in [1.82, 2.24) is 15.9 Å². The lowest BCUT2D eigenvalue weighted by Gasteiger charge is -2.44. The predicted octanol–water partition coefficient (Wildman–Crippen LogP) is -0.139. The van der Waals surface area contributed by atoms with Gasteiger partial charge in [-0.1, -0.05) is 0 Å². The second kappa shape index (κ2) is 3.27. The molecule has 1 heterocycles. The Morgan fingerprint density at radius 3 is 2.70 bits per heavy atom. The zero-order valence-corrected chi connectivity index (χ0v) is 6.20. The number of nitrogens with one attached hydrogen (secondary N) is 1. The van der Waals surface area contributed by atoms with E-state index in [9.17, 15) is 5.21 Å². The maximum absolute atomic E-state index is 10.8. The van der Waals surface area contributed by atoms with Gasteiger partial charge in [-0.2, -0.15) is 0 Å². The molecule has 0 radical (unpaired) electrons. The van der Waals surface area contributed by atoms with Crippen LogP contribution in [0.4, 0.5) is 0 Å². The van der Waals surface area contributed by atoms with Gasteiger partial charge in [0.05, 0.1) is 6.61 Å². The third-order valence-electron chi connectivity index (χ3n) is 1.39. The Morgan fingerprint density at radius 1 is 1.60 bits per heavy atom. The summed E-state index contributed by atoms with van der Waals surface area (Å²) < 4.78 is 0. The van der Waals surface area contributed by atoms with Gasteiger partial charge in [0.25, 0.3) is 0 Å². The Labute approximate surface area is 60.0 Å². The highest BCUT2D eigenvalue weighted by Gasteiger charge is 2.14. The molecular formula is C5H12N3O2-. The Morgan fingerprint density at radius 2 is 2.30 bits per heavy atom. The third kappa shape index (κ3) is 1.65. The quantitative estimate of drug-likeness (QED) is 0.558. The van der Waals surface area contributed by atoms with Crippen LogP contribution in [0.5, 0.6) is 0 Å². The van der Waals surface area contributed by atoms with Crippen molar-refractivity contribution in [2.75, 3.05) is 13.2 Å². The van der Waals surface area contributed by atoms with E-state index in [1.54, 1.807) is 5.01 Å². The molecule has 0 amide bonds. The van der Waals surface area contributed by atoms with Gasteiger partial charge in [0, 0.05) is 12.6 Å². The maximum atomic E-state index is 10.8. The molecule has 1 N–H and O–H groups in total. The van der Waals surface area contributed by atoms with Crippen LogP contribution in [0.2, 0.25) is 0 Å². The summed E-state index contributed by atoms with van der Waals surface area (Å²) >= 11 is 0. The van der Waals surface area contributed by atoms with Crippen LogP contribution < -0.4 is 5.59 Å². The molecule has 60 valence electrons. The van der Waals surface area contributed by atoms with Crippen LogP contribution in [0.3, 0.4) is 0 Å². The molecule has 0 aromatic rings. The van der Waals surface area contributed by atoms with E-state index < -0.39 is 0 Å². The predicted molar refractivity (Wildman–Crippen MR) is 36.1 cm³/mol. The van der Waals surface area contributed by atoms with Crippen molar-refractivity contribution in [3.8, 4) is 0 Å². The Hall–Kier alpha value is -0.200. The Kier molecular flexibility index (Phi) is 2.58. The van der Waals surface area contributed by atoms with E-state index in [1.807, 2.05) is 13.8 Å². The largest absolute Gasteiger partial charge is 0.756 e. The molecule has 1 aliphatic rings. The highest BCUT2D eigenvalue weighted by Crippen LogP contribution is 2.03. The van der Waals surface area contributed by atoms with Crippen LogP contribution in [0, 0.1) is 5.21 Å². The van der Waals surface area contributed by atoms with Gasteiger partial charge in [-0.15, -0.1) is 5.59 Å². The van der Waals surface area contributed by atoms with Gasteiger partial charge < -0.3 is 5.21 Å². The fraction of sp³-hybridized carbons (Fsp3) is 1.00. The van der Waals surface area contributed by atoms with Crippen molar-refractivity contribution < 1.29 is 4.84 Å². The summed E-state index contributed by atoms with van der Waals surface area (Å²) in [5, 5.41) is 13.1. The third-order valence-corrected chi connectivity index (χ3v) is 1.39. The SMILES string of the molecule is CC(C)N1CCONN1[O-].